The minimum absolute atomic E-state index is 0.0550. The molecule has 138 valence electrons. The standard InChI is InChI=1S/C23H30N2O/c1-19(26)24-23(2,3)22-15-10-16-25(22,17-20-11-6-4-7-12-20)18-21-13-8-5-9-14-21/h4-9,11-14,22H,10,15-18H2,1-3H3/p+1. The summed E-state index contributed by atoms with van der Waals surface area (Å²) in [6.07, 6.45) is 2.35. The number of amides is 1. The molecule has 0 aliphatic carbocycles. The largest absolute Gasteiger partial charge is 0.345 e. The first kappa shape index (κ1) is 18.7. The van der Waals surface area contributed by atoms with Crippen LogP contribution in [0.1, 0.15) is 44.7 Å². The van der Waals surface area contributed by atoms with Crippen LogP contribution in [0.2, 0.25) is 0 Å². The van der Waals surface area contributed by atoms with Crippen molar-refractivity contribution in [3.8, 4) is 0 Å². The van der Waals surface area contributed by atoms with E-state index in [1.54, 1.807) is 6.92 Å². The summed E-state index contributed by atoms with van der Waals surface area (Å²) in [5, 5.41) is 3.23. The van der Waals surface area contributed by atoms with Gasteiger partial charge in [0.05, 0.1) is 12.1 Å². The zero-order chi connectivity index (χ0) is 18.6. The summed E-state index contributed by atoms with van der Waals surface area (Å²) in [6, 6.07) is 22.0. The Bertz CT molecular complexity index is 683. The smallest absolute Gasteiger partial charge is 0.217 e. The molecule has 2 aromatic rings. The lowest BCUT2D eigenvalue weighted by atomic mass is 9.89. The molecule has 0 saturated carbocycles. The molecule has 3 nitrogen and oxygen atoms in total. The summed E-state index contributed by atoms with van der Waals surface area (Å²) >= 11 is 0. The summed E-state index contributed by atoms with van der Waals surface area (Å²) in [7, 11) is 0. The number of quaternary nitrogens is 1. The maximum Gasteiger partial charge on any atom is 0.217 e. The molecule has 1 saturated heterocycles. The number of carbonyl (C=O) groups is 1. The van der Waals surface area contributed by atoms with Crippen LogP contribution in [-0.2, 0) is 17.9 Å². The minimum atomic E-state index is -0.230. The van der Waals surface area contributed by atoms with Gasteiger partial charge in [-0.1, -0.05) is 60.7 Å². The Morgan fingerprint density at radius 1 is 1.00 bits per heavy atom. The van der Waals surface area contributed by atoms with E-state index < -0.39 is 0 Å². The van der Waals surface area contributed by atoms with E-state index in [0.29, 0.717) is 6.04 Å². The van der Waals surface area contributed by atoms with E-state index in [4.69, 9.17) is 0 Å². The van der Waals surface area contributed by atoms with Crippen LogP contribution >= 0.6 is 0 Å². The molecule has 1 N–H and O–H groups in total. The summed E-state index contributed by atoms with van der Waals surface area (Å²) < 4.78 is 1.00. The average Bonchev–Trinajstić information content (AvgIpc) is 2.99. The first-order chi connectivity index (χ1) is 12.4. The molecular weight excluding hydrogens is 320 g/mol. The minimum Gasteiger partial charge on any atom is -0.345 e. The second kappa shape index (κ2) is 7.63. The van der Waals surface area contributed by atoms with E-state index >= 15 is 0 Å². The van der Waals surface area contributed by atoms with E-state index in [0.717, 1.165) is 30.5 Å². The van der Waals surface area contributed by atoms with Gasteiger partial charge in [-0.2, -0.15) is 0 Å². The molecule has 3 heteroatoms. The van der Waals surface area contributed by atoms with Gasteiger partial charge in [-0.15, -0.1) is 0 Å². The molecule has 1 aliphatic heterocycles. The molecule has 0 bridgehead atoms. The van der Waals surface area contributed by atoms with E-state index in [1.807, 2.05) is 0 Å². The van der Waals surface area contributed by atoms with Crippen molar-refractivity contribution >= 4 is 5.91 Å². The highest BCUT2D eigenvalue weighted by atomic mass is 16.1. The van der Waals surface area contributed by atoms with Crippen LogP contribution in [0.3, 0.4) is 0 Å². The number of hydrogen-bond acceptors (Lipinski definition) is 1. The summed E-state index contributed by atoms with van der Waals surface area (Å²) in [6.45, 7) is 9.16. The number of rotatable bonds is 6. The first-order valence-corrected chi connectivity index (χ1v) is 9.64. The Kier molecular flexibility index (Phi) is 5.47. The van der Waals surface area contributed by atoms with E-state index in [2.05, 4.69) is 79.8 Å². The molecule has 0 radical (unpaired) electrons. The van der Waals surface area contributed by atoms with Crippen LogP contribution in [-0.4, -0.2) is 28.5 Å². The van der Waals surface area contributed by atoms with Gasteiger partial charge < -0.3 is 9.80 Å². The van der Waals surface area contributed by atoms with E-state index in [9.17, 15) is 4.79 Å². The molecule has 26 heavy (non-hydrogen) atoms. The van der Waals surface area contributed by atoms with Crippen LogP contribution in [0, 0.1) is 0 Å². The van der Waals surface area contributed by atoms with Crippen molar-refractivity contribution in [3.05, 3.63) is 71.8 Å². The molecule has 0 spiro atoms. The quantitative estimate of drug-likeness (QED) is 0.773. The number of hydrogen-bond donors (Lipinski definition) is 1. The Morgan fingerprint density at radius 3 is 1.96 bits per heavy atom. The summed E-state index contributed by atoms with van der Waals surface area (Å²) in [5.74, 6) is 0.0550. The van der Waals surface area contributed by atoms with Gasteiger partial charge >= 0.3 is 0 Å². The van der Waals surface area contributed by atoms with Gasteiger partial charge in [0.25, 0.3) is 0 Å². The van der Waals surface area contributed by atoms with Crippen LogP contribution in [0.4, 0.5) is 0 Å². The molecule has 1 unspecified atom stereocenters. The van der Waals surface area contributed by atoms with Crippen molar-refractivity contribution in [2.75, 3.05) is 6.54 Å². The van der Waals surface area contributed by atoms with Crippen molar-refractivity contribution in [2.24, 2.45) is 0 Å². The van der Waals surface area contributed by atoms with Gasteiger partial charge in [-0.3, -0.25) is 4.79 Å². The monoisotopic (exact) mass is 351 g/mol. The maximum atomic E-state index is 11.8. The molecule has 2 aromatic carbocycles. The molecular formula is C23H31N2O+. The lowest BCUT2D eigenvalue weighted by Gasteiger charge is -2.47. The number of nitrogens with zero attached hydrogens (tertiary/aromatic N) is 1. The molecule has 0 aromatic heterocycles. The highest BCUT2D eigenvalue weighted by Crippen LogP contribution is 2.38. The highest BCUT2D eigenvalue weighted by Gasteiger charge is 2.50. The van der Waals surface area contributed by atoms with Gasteiger partial charge in [0, 0.05) is 30.9 Å². The molecule has 3 rings (SSSR count). The van der Waals surface area contributed by atoms with Gasteiger partial charge in [0.15, 0.2) is 0 Å². The number of nitrogens with one attached hydrogen (secondary N) is 1. The predicted octanol–water partition coefficient (Wildman–Crippen LogP) is 4.28. The molecule has 1 aliphatic rings. The second-order valence-electron chi connectivity index (χ2n) is 8.29. The lowest BCUT2D eigenvalue weighted by Crippen LogP contribution is -2.64. The fourth-order valence-corrected chi connectivity index (χ4v) is 4.94. The number of likely N-dealkylation sites (tertiary alicyclic amines) is 1. The van der Waals surface area contributed by atoms with Gasteiger partial charge in [-0.05, 0) is 13.8 Å². The third kappa shape index (κ3) is 4.16. The Balaban J connectivity index is 1.97. The van der Waals surface area contributed by atoms with Gasteiger partial charge in [0.1, 0.15) is 19.1 Å². The highest BCUT2D eigenvalue weighted by molar-refractivity contribution is 5.73. The molecule has 1 amide bonds. The molecule has 1 fully saturated rings. The fourth-order valence-electron chi connectivity index (χ4n) is 4.94. The molecule has 1 heterocycles. The average molecular weight is 352 g/mol. The van der Waals surface area contributed by atoms with E-state index in [-0.39, 0.29) is 11.4 Å². The lowest BCUT2D eigenvalue weighted by molar-refractivity contribution is -0.967. The summed E-state index contributed by atoms with van der Waals surface area (Å²) in [5.41, 5.74) is 2.51. The second-order valence-corrected chi connectivity index (χ2v) is 8.29. The Morgan fingerprint density at radius 2 is 1.50 bits per heavy atom. The van der Waals surface area contributed by atoms with Crippen LogP contribution in [0.5, 0.6) is 0 Å². The normalized spacial score (nSPS) is 19.3. The maximum absolute atomic E-state index is 11.8. The Labute approximate surface area is 157 Å². The van der Waals surface area contributed by atoms with Crippen molar-refractivity contribution < 1.29 is 9.28 Å². The van der Waals surface area contributed by atoms with Crippen molar-refractivity contribution in [2.45, 2.75) is 58.3 Å². The molecule has 1 atom stereocenters. The van der Waals surface area contributed by atoms with Crippen LogP contribution < -0.4 is 5.32 Å². The van der Waals surface area contributed by atoms with Crippen molar-refractivity contribution in [1.82, 2.24) is 5.32 Å². The number of carbonyl (C=O) groups excluding carboxylic acids is 1. The third-order valence-electron chi connectivity index (χ3n) is 5.75. The van der Waals surface area contributed by atoms with Crippen molar-refractivity contribution in [3.63, 3.8) is 0 Å². The summed E-state index contributed by atoms with van der Waals surface area (Å²) in [4.78, 5) is 11.8. The van der Waals surface area contributed by atoms with Crippen molar-refractivity contribution in [1.29, 1.82) is 0 Å². The van der Waals surface area contributed by atoms with Crippen LogP contribution in [0.15, 0.2) is 60.7 Å². The topological polar surface area (TPSA) is 29.1 Å². The zero-order valence-electron chi connectivity index (χ0n) is 16.2. The van der Waals surface area contributed by atoms with Gasteiger partial charge in [0.2, 0.25) is 5.91 Å². The Hall–Kier alpha value is -2.13. The third-order valence-corrected chi connectivity index (χ3v) is 5.75. The SMILES string of the molecule is CC(=O)NC(C)(C)C1CCC[N+]1(Cc1ccccc1)Cc1ccccc1. The zero-order valence-corrected chi connectivity index (χ0v) is 16.2. The predicted molar refractivity (Wildman–Crippen MR) is 106 cm³/mol. The van der Waals surface area contributed by atoms with E-state index in [1.165, 1.54) is 17.5 Å². The number of benzene rings is 2. The fraction of sp³-hybridized carbons (Fsp3) is 0.435. The first-order valence-electron chi connectivity index (χ1n) is 9.64. The van der Waals surface area contributed by atoms with Crippen LogP contribution in [0.25, 0.3) is 0 Å². The van der Waals surface area contributed by atoms with Gasteiger partial charge in [-0.25, -0.2) is 0 Å².